The second kappa shape index (κ2) is 6.76. The van der Waals surface area contributed by atoms with Crippen LogP contribution in [-0.2, 0) is 4.79 Å². The SMILES string of the molecule is COc1ccc(-c2nc(NC(=O)CSC)sc2C)cc1. The maximum atomic E-state index is 11.6. The summed E-state index contributed by atoms with van der Waals surface area (Å²) in [5.74, 6) is 1.24. The Morgan fingerprint density at radius 3 is 2.70 bits per heavy atom. The van der Waals surface area contributed by atoms with E-state index in [9.17, 15) is 4.79 Å². The summed E-state index contributed by atoms with van der Waals surface area (Å²) in [6.07, 6.45) is 1.90. The summed E-state index contributed by atoms with van der Waals surface area (Å²) in [7, 11) is 1.64. The molecule has 1 aromatic carbocycles. The Bertz CT molecular complexity index is 594. The monoisotopic (exact) mass is 308 g/mol. The van der Waals surface area contributed by atoms with Crippen molar-refractivity contribution in [2.45, 2.75) is 6.92 Å². The molecule has 0 aliphatic carbocycles. The van der Waals surface area contributed by atoms with Crippen molar-refractivity contribution in [1.82, 2.24) is 4.98 Å². The van der Waals surface area contributed by atoms with Gasteiger partial charge in [-0.1, -0.05) is 0 Å². The number of benzene rings is 1. The van der Waals surface area contributed by atoms with Gasteiger partial charge >= 0.3 is 0 Å². The van der Waals surface area contributed by atoms with E-state index in [1.807, 2.05) is 37.4 Å². The molecule has 1 amide bonds. The predicted octanol–water partition coefficient (Wildman–Crippen LogP) is 3.43. The smallest absolute Gasteiger partial charge is 0.236 e. The lowest BCUT2D eigenvalue weighted by Crippen LogP contribution is -2.13. The molecule has 2 rings (SSSR count). The Kier molecular flexibility index (Phi) is 5.03. The van der Waals surface area contributed by atoms with Crippen LogP contribution >= 0.6 is 23.1 Å². The second-order valence-corrected chi connectivity index (χ2v) is 6.20. The van der Waals surface area contributed by atoms with Crippen molar-refractivity contribution < 1.29 is 9.53 Å². The Morgan fingerprint density at radius 2 is 2.10 bits per heavy atom. The van der Waals surface area contributed by atoms with Gasteiger partial charge in [-0.2, -0.15) is 11.8 Å². The number of nitrogens with one attached hydrogen (secondary N) is 1. The number of hydrogen-bond donors (Lipinski definition) is 1. The van der Waals surface area contributed by atoms with E-state index in [2.05, 4.69) is 10.3 Å². The summed E-state index contributed by atoms with van der Waals surface area (Å²) < 4.78 is 5.14. The molecule has 1 aromatic heterocycles. The zero-order valence-corrected chi connectivity index (χ0v) is 13.2. The molecule has 0 aliphatic rings. The molecule has 0 radical (unpaired) electrons. The molecule has 0 bridgehead atoms. The lowest BCUT2D eigenvalue weighted by atomic mass is 10.1. The van der Waals surface area contributed by atoms with Crippen molar-refractivity contribution in [2.24, 2.45) is 0 Å². The third-order valence-electron chi connectivity index (χ3n) is 2.68. The van der Waals surface area contributed by atoms with Crippen molar-refractivity contribution in [2.75, 3.05) is 24.4 Å². The number of amides is 1. The van der Waals surface area contributed by atoms with Crippen LogP contribution in [0.25, 0.3) is 11.3 Å². The van der Waals surface area contributed by atoms with Gasteiger partial charge in [-0.15, -0.1) is 11.3 Å². The van der Waals surface area contributed by atoms with Crippen LogP contribution in [0.2, 0.25) is 0 Å². The van der Waals surface area contributed by atoms with E-state index < -0.39 is 0 Å². The van der Waals surface area contributed by atoms with Gasteiger partial charge in [0.15, 0.2) is 5.13 Å². The lowest BCUT2D eigenvalue weighted by Gasteiger charge is -2.02. The number of anilines is 1. The number of methoxy groups -OCH3 is 1. The molecule has 4 nitrogen and oxygen atoms in total. The van der Waals surface area contributed by atoms with E-state index >= 15 is 0 Å². The average molecular weight is 308 g/mol. The summed E-state index contributed by atoms with van der Waals surface area (Å²) in [4.78, 5) is 17.1. The van der Waals surface area contributed by atoms with E-state index in [0.29, 0.717) is 10.9 Å². The number of aryl methyl sites for hydroxylation is 1. The summed E-state index contributed by atoms with van der Waals surface area (Å²) in [5.41, 5.74) is 1.92. The number of thiazole rings is 1. The molecular formula is C14H16N2O2S2. The van der Waals surface area contributed by atoms with Crippen molar-refractivity contribution in [1.29, 1.82) is 0 Å². The summed E-state index contributed by atoms with van der Waals surface area (Å²) in [6, 6.07) is 7.74. The summed E-state index contributed by atoms with van der Waals surface area (Å²) in [6.45, 7) is 2.00. The predicted molar refractivity (Wildman–Crippen MR) is 85.9 cm³/mol. The molecule has 106 valence electrons. The van der Waals surface area contributed by atoms with Crippen molar-refractivity contribution >= 4 is 34.1 Å². The summed E-state index contributed by atoms with van der Waals surface area (Å²) >= 11 is 2.98. The van der Waals surface area contributed by atoms with Gasteiger partial charge in [0.05, 0.1) is 18.6 Å². The number of carbonyl (C=O) groups is 1. The zero-order valence-electron chi connectivity index (χ0n) is 11.6. The fraction of sp³-hybridized carbons (Fsp3) is 0.286. The van der Waals surface area contributed by atoms with Crippen LogP contribution in [0.3, 0.4) is 0 Å². The highest BCUT2D eigenvalue weighted by Crippen LogP contribution is 2.31. The first-order valence-electron chi connectivity index (χ1n) is 6.04. The molecule has 6 heteroatoms. The van der Waals surface area contributed by atoms with Crippen molar-refractivity contribution in [3.8, 4) is 17.0 Å². The van der Waals surface area contributed by atoms with Gasteiger partial charge in [-0.05, 0) is 37.4 Å². The Labute approximate surface area is 126 Å². The third kappa shape index (κ3) is 3.52. The summed E-state index contributed by atoms with van der Waals surface area (Å²) in [5, 5.41) is 3.47. The molecule has 0 saturated heterocycles. The van der Waals surface area contributed by atoms with Crippen molar-refractivity contribution in [3.05, 3.63) is 29.1 Å². The topological polar surface area (TPSA) is 51.2 Å². The van der Waals surface area contributed by atoms with Gasteiger partial charge in [0.1, 0.15) is 5.75 Å². The van der Waals surface area contributed by atoms with Gasteiger partial charge < -0.3 is 10.1 Å². The fourth-order valence-corrected chi connectivity index (χ4v) is 2.94. The van der Waals surface area contributed by atoms with E-state index in [1.54, 1.807) is 7.11 Å². The van der Waals surface area contributed by atoms with E-state index in [-0.39, 0.29) is 5.91 Å². The highest BCUT2D eigenvalue weighted by Gasteiger charge is 2.11. The highest BCUT2D eigenvalue weighted by molar-refractivity contribution is 7.99. The van der Waals surface area contributed by atoms with Crippen LogP contribution in [0.15, 0.2) is 24.3 Å². The first-order valence-corrected chi connectivity index (χ1v) is 8.25. The number of aromatic nitrogens is 1. The van der Waals surface area contributed by atoms with Crippen LogP contribution in [0.1, 0.15) is 4.88 Å². The zero-order chi connectivity index (χ0) is 14.5. The molecule has 0 spiro atoms. The Balaban J connectivity index is 2.19. The standard InChI is InChI=1S/C14H16N2O2S2/c1-9-13(10-4-6-11(18-2)7-5-10)16-14(20-9)15-12(17)8-19-3/h4-7H,8H2,1-3H3,(H,15,16,17). The molecule has 0 fully saturated rings. The minimum Gasteiger partial charge on any atom is -0.497 e. The quantitative estimate of drug-likeness (QED) is 0.919. The largest absolute Gasteiger partial charge is 0.497 e. The van der Waals surface area contributed by atoms with Gasteiger partial charge in [0.25, 0.3) is 0 Å². The highest BCUT2D eigenvalue weighted by atomic mass is 32.2. The molecule has 0 atom stereocenters. The minimum absolute atomic E-state index is 0.0208. The van der Waals surface area contributed by atoms with Crippen LogP contribution < -0.4 is 10.1 Å². The van der Waals surface area contributed by atoms with Gasteiger partial charge in [0.2, 0.25) is 5.91 Å². The van der Waals surface area contributed by atoms with Gasteiger partial charge in [0, 0.05) is 10.4 Å². The molecule has 0 saturated carbocycles. The second-order valence-electron chi connectivity index (χ2n) is 4.13. The molecule has 2 aromatic rings. The average Bonchev–Trinajstić information content (AvgIpc) is 2.80. The van der Waals surface area contributed by atoms with Gasteiger partial charge in [-0.3, -0.25) is 4.79 Å². The Morgan fingerprint density at radius 1 is 1.40 bits per heavy atom. The normalized spacial score (nSPS) is 10.3. The maximum absolute atomic E-state index is 11.6. The van der Waals surface area contributed by atoms with Crippen LogP contribution in [0, 0.1) is 6.92 Å². The van der Waals surface area contributed by atoms with E-state index in [1.165, 1.54) is 23.1 Å². The number of rotatable bonds is 5. The first kappa shape index (κ1) is 14.9. The van der Waals surface area contributed by atoms with Crippen LogP contribution in [0.5, 0.6) is 5.75 Å². The molecule has 1 heterocycles. The maximum Gasteiger partial charge on any atom is 0.236 e. The molecular weight excluding hydrogens is 292 g/mol. The fourth-order valence-electron chi connectivity index (χ4n) is 1.75. The minimum atomic E-state index is -0.0208. The number of thioether (sulfide) groups is 1. The number of carbonyl (C=O) groups excluding carboxylic acids is 1. The molecule has 0 aliphatic heterocycles. The van der Waals surface area contributed by atoms with Gasteiger partial charge in [-0.25, -0.2) is 4.98 Å². The molecule has 0 unspecified atom stereocenters. The van der Waals surface area contributed by atoms with Crippen LogP contribution in [-0.4, -0.2) is 30.0 Å². The third-order valence-corrected chi connectivity index (χ3v) is 4.12. The van der Waals surface area contributed by atoms with E-state index in [0.717, 1.165) is 21.9 Å². The first-order chi connectivity index (χ1) is 9.63. The Hall–Kier alpha value is -1.53. The number of nitrogens with zero attached hydrogens (tertiary/aromatic N) is 1. The molecule has 20 heavy (non-hydrogen) atoms. The van der Waals surface area contributed by atoms with E-state index in [4.69, 9.17) is 4.74 Å². The lowest BCUT2D eigenvalue weighted by molar-refractivity contribution is -0.113. The molecule has 1 N–H and O–H groups in total. The number of hydrogen-bond acceptors (Lipinski definition) is 5. The van der Waals surface area contributed by atoms with Crippen molar-refractivity contribution in [3.63, 3.8) is 0 Å². The number of ether oxygens (including phenoxy) is 1. The van der Waals surface area contributed by atoms with Crippen LogP contribution in [0.4, 0.5) is 5.13 Å².